The molecule has 1 heteroatoms. The molecule has 2 bridgehead atoms. The number of rotatable bonds is 1. The van der Waals surface area contributed by atoms with E-state index in [0.717, 1.165) is 17.8 Å². The van der Waals surface area contributed by atoms with Crippen LogP contribution in [0.2, 0.25) is 0 Å². The van der Waals surface area contributed by atoms with E-state index in [-0.39, 0.29) is 0 Å². The van der Waals surface area contributed by atoms with Crippen LogP contribution in [-0.4, -0.2) is 12.6 Å². The van der Waals surface area contributed by atoms with Crippen molar-refractivity contribution in [3.8, 4) is 0 Å². The second-order valence-electron chi connectivity index (χ2n) is 4.59. The van der Waals surface area contributed by atoms with E-state index in [2.05, 4.69) is 26.2 Å². The summed E-state index contributed by atoms with van der Waals surface area (Å²) in [5.74, 6) is 2.89. The van der Waals surface area contributed by atoms with Gasteiger partial charge < -0.3 is 5.32 Å². The van der Waals surface area contributed by atoms with Crippen LogP contribution < -0.4 is 5.32 Å². The van der Waals surface area contributed by atoms with Gasteiger partial charge in [-0.1, -0.05) is 6.92 Å². The highest BCUT2D eigenvalue weighted by atomic mass is 15.0. The zero-order valence-electron chi connectivity index (χ0n) is 7.85. The van der Waals surface area contributed by atoms with Crippen LogP contribution in [-0.2, 0) is 0 Å². The van der Waals surface area contributed by atoms with Crippen LogP contribution in [0.3, 0.4) is 0 Å². The van der Waals surface area contributed by atoms with E-state index in [1.165, 1.54) is 19.3 Å². The van der Waals surface area contributed by atoms with E-state index in [0.29, 0.717) is 5.54 Å². The minimum absolute atomic E-state index is 0.461. The number of nitrogens with one attached hydrogen (secondary N) is 1. The molecular weight excluding hydrogens is 134 g/mol. The Hall–Kier alpha value is -0.0400. The van der Waals surface area contributed by atoms with Crippen molar-refractivity contribution in [1.29, 1.82) is 0 Å². The summed E-state index contributed by atoms with van der Waals surface area (Å²) in [6.07, 6.45) is 4.44. The standard InChI is InChI=1S/C10H19N/c1-7-8-4-5-9(6-8)10(7,2)11-3/h7-9,11H,4-6H2,1-3H3. The molecule has 0 heterocycles. The minimum atomic E-state index is 0.461. The first kappa shape index (κ1) is 7.60. The Morgan fingerprint density at radius 2 is 2.09 bits per heavy atom. The molecular formula is C10H19N. The van der Waals surface area contributed by atoms with Crippen LogP contribution in [0.25, 0.3) is 0 Å². The van der Waals surface area contributed by atoms with E-state index in [1.54, 1.807) is 0 Å². The Morgan fingerprint density at radius 1 is 1.36 bits per heavy atom. The summed E-state index contributed by atoms with van der Waals surface area (Å²) in [6, 6.07) is 0. The van der Waals surface area contributed by atoms with Gasteiger partial charge >= 0.3 is 0 Å². The second kappa shape index (κ2) is 2.22. The molecule has 2 fully saturated rings. The molecule has 64 valence electrons. The predicted octanol–water partition coefficient (Wildman–Crippen LogP) is 2.03. The molecule has 0 spiro atoms. The minimum Gasteiger partial charge on any atom is -0.314 e. The van der Waals surface area contributed by atoms with Crippen molar-refractivity contribution in [2.45, 2.75) is 38.6 Å². The van der Waals surface area contributed by atoms with E-state index < -0.39 is 0 Å². The van der Waals surface area contributed by atoms with Crippen LogP contribution in [0.15, 0.2) is 0 Å². The number of hydrogen-bond acceptors (Lipinski definition) is 1. The van der Waals surface area contributed by atoms with Crippen molar-refractivity contribution in [1.82, 2.24) is 5.32 Å². The molecule has 1 N–H and O–H groups in total. The van der Waals surface area contributed by atoms with Crippen molar-refractivity contribution in [2.75, 3.05) is 7.05 Å². The molecule has 11 heavy (non-hydrogen) atoms. The van der Waals surface area contributed by atoms with Crippen LogP contribution in [0.5, 0.6) is 0 Å². The highest BCUT2D eigenvalue weighted by Crippen LogP contribution is 2.53. The smallest absolute Gasteiger partial charge is 0.0206 e. The first-order valence-corrected chi connectivity index (χ1v) is 4.87. The monoisotopic (exact) mass is 153 g/mol. The summed E-state index contributed by atoms with van der Waals surface area (Å²) in [4.78, 5) is 0. The summed E-state index contributed by atoms with van der Waals surface area (Å²) >= 11 is 0. The normalized spacial score (nSPS) is 55.4. The molecule has 0 saturated heterocycles. The van der Waals surface area contributed by atoms with Crippen LogP contribution in [0.4, 0.5) is 0 Å². The Balaban J connectivity index is 2.23. The molecule has 2 saturated carbocycles. The molecule has 2 rings (SSSR count). The number of hydrogen-bond donors (Lipinski definition) is 1. The summed E-state index contributed by atoms with van der Waals surface area (Å²) in [5, 5.41) is 3.52. The highest BCUT2D eigenvalue weighted by Gasteiger charge is 2.52. The SMILES string of the molecule is CNC1(C)C2CCC(C2)C1C. The molecule has 2 aliphatic carbocycles. The molecule has 4 unspecified atom stereocenters. The average molecular weight is 153 g/mol. The fraction of sp³-hybridized carbons (Fsp3) is 1.00. The fourth-order valence-electron chi connectivity index (χ4n) is 3.31. The van der Waals surface area contributed by atoms with Crippen LogP contribution in [0, 0.1) is 17.8 Å². The van der Waals surface area contributed by atoms with Crippen molar-refractivity contribution >= 4 is 0 Å². The van der Waals surface area contributed by atoms with E-state index in [1.807, 2.05) is 0 Å². The Bertz CT molecular complexity index is 162. The predicted molar refractivity (Wildman–Crippen MR) is 47.5 cm³/mol. The lowest BCUT2D eigenvalue weighted by Gasteiger charge is -2.39. The molecule has 0 amide bonds. The molecule has 4 atom stereocenters. The summed E-state index contributed by atoms with van der Waals surface area (Å²) < 4.78 is 0. The van der Waals surface area contributed by atoms with Crippen molar-refractivity contribution in [3.63, 3.8) is 0 Å². The third-order valence-electron chi connectivity index (χ3n) is 4.51. The van der Waals surface area contributed by atoms with Gasteiger partial charge in [0, 0.05) is 5.54 Å². The lowest BCUT2D eigenvalue weighted by Crippen LogP contribution is -2.49. The first-order valence-electron chi connectivity index (χ1n) is 4.87. The van der Waals surface area contributed by atoms with E-state index in [9.17, 15) is 0 Å². The highest BCUT2D eigenvalue weighted by molar-refractivity contribution is 5.07. The van der Waals surface area contributed by atoms with Gasteiger partial charge in [0.25, 0.3) is 0 Å². The van der Waals surface area contributed by atoms with Gasteiger partial charge in [0.2, 0.25) is 0 Å². The quantitative estimate of drug-likeness (QED) is 0.608. The molecule has 0 aliphatic heterocycles. The lowest BCUT2D eigenvalue weighted by molar-refractivity contribution is 0.171. The topological polar surface area (TPSA) is 12.0 Å². The third-order valence-corrected chi connectivity index (χ3v) is 4.51. The molecule has 0 aromatic rings. The van der Waals surface area contributed by atoms with Gasteiger partial charge in [-0.2, -0.15) is 0 Å². The Kier molecular flexibility index (Phi) is 1.54. The summed E-state index contributed by atoms with van der Waals surface area (Å²) in [7, 11) is 2.12. The van der Waals surface area contributed by atoms with Crippen molar-refractivity contribution < 1.29 is 0 Å². The number of fused-ring (bicyclic) bond motifs is 2. The summed E-state index contributed by atoms with van der Waals surface area (Å²) in [5.41, 5.74) is 0.461. The van der Waals surface area contributed by atoms with Crippen LogP contribution >= 0.6 is 0 Å². The molecule has 0 aromatic carbocycles. The van der Waals surface area contributed by atoms with Crippen molar-refractivity contribution in [2.24, 2.45) is 17.8 Å². The van der Waals surface area contributed by atoms with Gasteiger partial charge in [-0.05, 0) is 51.0 Å². The van der Waals surface area contributed by atoms with Gasteiger partial charge in [-0.3, -0.25) is 0 Å². The largest absolute Gasteiger partial charge is 0.314 e. The van der Waals surface area contributed by atoms with E-state index in [4.69, 9.17) is 0 Å². The maximum Gasteiger partial charge on any atom is 0.0206 e. The van der Waals surface area contributed by atoms with Gasteiger partial charge in [0.05, 0.1) is 0 Å². The molecule has 2 aliphatic rings. The fourth-order valence-corrected chi connectivity index (χ4v) is 3.31. The molecule has 1 nitrogen and oxygen atoms in total. The average Bonchev–Trinajstić information content (AvgIpc) is 2.56. The van der Waals surface area contributed by atoms with Crippen LogP contribution in [0.1, 0.15) is 33.1 Å². The molecule has 0 aromatic heterocycles. The third kappa shape index (κ3) is 0.807. The first-order chi connectivity index (χ1) is 5.18. The maximum absolute atomic E-state index is 3.52. The maximum atomic E-state index is 3.52. The lowest BCUT2D eigenvalue weighted by atomic mass is 9.75. The Labute approximate surface area is 69.6 Å². The zero-order chi connectivity index (χ0) is 8.06. The van der Waals surface area contributed by atoms with Gasteiger partial charge in [-0.25, -0.2) is 0 Å². The second-order valence-corrected chi connectivity index (χ2v) is 4.59. The van der Waals surface area contributed by atoms with Gasteiger partial charge in [0.15, 0.2) is 0 Å². The zero-order valence-corrected chi connectivity index (χ0v) is 7.85. The summed E-state index contributed by atoms with van der Waals surface area (Å²) in [6.45, 7) is 4.82. The van der Waals surface area contributed by atoms with Gasteiger partial charge in [0.1, 0.15) is 0 Å². The van der Waals surface area contributed by atoms with Gasteiger partial charge in [-0.15, -0.1) is 0 Å². The van der Waals surface area contributed by atoms with E-state index >= 15 is 0 Å². The molecule has 0 radical (unpaired) electrons. The Morgan fingerprint density at radius 3 is 2.45 bits per heavy atom. The van der Waals surface area contributed by atoms with Crippen molar-refractivity contribution in [3.05, 3.63) is 0 Å².